The van der Waals surface area contributed by atoms with E-state index in [4.69, 9.17) is 0 Å². The molecule has 3 rings (SSSR count). The zero-order chi connectivity index (χ0) is 13.8. The molecule has 1 aliphatic rings. The van der Waals surface area contributed by atoms with Crippen LogP contribution < -0.4 is 10.6 Å². The zero-order valence-corrected chi connectivity index (χ0v) is 11.3. The molecule has 2 aromatic rings. The highest BCUT2D eigenvalue weighted by atomic mass is 16.1. The molecule has 1 aromatic heterocycles. The first kappa shape index (κ1) is 12.8. The van der Waals surface area contributed by atoms with E-state index >= 15 is 0 Å². The Morgan fingerprint density at radius 1 is 1.25 bits per heavy atom. The minimum atomic E-state index is 0.154. The van der Waals surface area contributed by atoms with E-state index in [0.29, 0.717) is 12.5 Å². The molecule has 5 nitrogen and oxygen atoms in total. The monoisotopic (exact) mass is 270 g/mol. The molecule has 2 N–H and O–H groups in total. The topological polar surface area (TPSA) is 66.9 Å². The highest BCUT2D eigenvalue weighted by molar-refractivity contribution is 5.88. The second-order valence-corrected chi connectivity index (χ2v) is 5.11. The predicted octanol–water partition coefficient (Wildman–Crippen LogP) is 2.10. The normalized spacial score (nSPS) is 14.2. The molecule has 0 spiro atoms. The molecular formula is C15H18N4O. The molecule has 1 fully saturated rings. The summed E-state index contributed by atoms with van der Waals surface area (Å²) >= 11 is 0. The minimum Gasteiger partial charge on any atom is -0.369 e. The van der Waals surface area contributed by atoms with Crippen molar-refractivity contribution in [3.05, 3.63) is 30.6 Å². The maximum atomic E-state index is 11.6. The van der Waals surface area contributed by atoms with E-state index in [1.54, 1.807) is 6.33 Å². The van der Waals surface area contributed by atoms with E-state index in [1.807, 2.05) is 24.3 Å². The average molecular weight is 270 g/mol. The van der Waals surface area contributed by atoms with Crippen LogP contribution in [0.4, 0.5) is 5.82 Å². The van der Waals surface area contributed by atoms with Gasteiger partial charge in [-0.25, -0.2) is 9.97 Å². The van der Waals surface area contributed by atoms with Crippen LogP contribution in [0.1, 0.15) is 25.7 Å². The number of hydrogen-bond acceptors (Lipinski definition) is 4. The van der Waals surface area contributed by atoms with Crippen molar-refractivity contribution in [3.8, 4) is 0 Å². The fourth-order valence-corrected chi connectivity index (χ4v) is 2.13. The highest BCUT2D eigenvalue weighted by Gasteiger charge is 2.22. The Bertz CT molecular complexity index is 604. The van der Waals surface area contributed by atoms with Gasteiger partial charge in [0, 0.05) is 24.4 Å². The van der Waals surface area contributed by atoms with E-state index in [1.165, 1.54) is 0 Å². The van der Waals surface area contributed by atoms with Gasteiger partial charge in [0.2, 0.25) is 5.91 Å². The van der Waals surface area contributed by atoms with Crippen LogP contribution in [-0.2, 0) is 4.79 Å². The van der Waals surface area contributed by atoms with Gasteiger partial charge < -0.3 is 10.6 Å². The molecule has 20 heavy (non-hydrogen) atoms. The minimum absolute atomic E-state index is 0.154. The van der Waals surface area contributed by atoms with Crippen molar-refractivity contribution in [1.29, 1.82) is 0 Å². The molecule has 5 heteroatoms. The third-order valence-electron chi connectivity index (χ3n) is 3.36. The lowest BCUT2D eigenvalue weighted by molar-refractivity contribution is -0.121. The molecule has 0 bridgehead atoms. The molecule has 0 unspecified atom stereocenters. The Hall–Kier alpha value is -2.17. The second-order valence-electron chi connectivity index (χ2n) is 5.11. The van der Waals surface area contributed by atoms with Crippen molar-refractivity contribution in [2.24, 2.45) is 0 Å². The van der Waals surface area contributed by atoms with E-state index in [-0.39, 0.29) is 5.91 Å². The van der Waals surface area contributed by atoms with Crippen molar-refractivity contribution in [2.45, 2.75) is 31.7 Å². The largest absolute Gasteiger partial charge is 0.369 e. The number of anilines is 1. The molecule has 1 saturated carbocycles. The highest BCUT2D eigenvalue weighted by Crippen LogP contribution is 2.19. The summed E-state index contributed by atoms with van der Waals surface area (Å²) in [5, 5.41) is 7.28. The fourth-order valence-electron chi connectivity index (χ4n) is 2.13. The van der Waals surface area contributed by atoms with Gasteiger partial charge in [-0.3, -0.25) is 4.79 Å². The molecular weight excluding hydrogens is 252 g/mol. The van der Waals surface area contributed by atoms with E-state index in [9.17, 15) is 4.79 Å². The molecule has 0 atom stereocenters. The molecule has 0 radical (unpaired) electrons. The maximum absolute atomic E-state index is 11.6. The molecule has 1 aliphatic carbocycles. The Morgan fingerprint density at radius 3 is 2.95 bits per heavy atom. The van der Waals surface area contributed by atoms with Crippen LogP contribution >= 0.6 is 0 Å². The number of fused-ring (bicyclic) bond motifs is 1. The Balaban J connectivity index is 1.50. The van der Waals surface area contributed by atoms with Crippen molar-refractivity contribution in [1.82, 2.24) is 15.3 Å². The van der Waals surface area contributed by atoms with Crippen LogP contribution in [0.3, 0.4) is 0 Å². The van der Waals surface area contributed by atoms with Crippen LogP contribution in [0.5, 0.6) is 0 Å². The van der Waals surface area contributed by atoms with Gasteiger partial charge in [-0.05, 0) is 31.4 Å². The fraction of sp³-hybridized carbons (Fsp3) is 0.400. The lowest BCUT2D eigenvalue weighted by atomic mass is 10.2. The quantitative estimate of drug-likeness (QED) is 0.789. The summed E-state index contributed by atoms with van der Waals surface area (Å²) in [6, 6.07) is 8.34. The summed E-state index contributed by atoms with van der Waals surface area (Å²) in [6.07, 6.45) is 5.20. The van der Waals surface area contributed by atoms with E-state index in [0.717, 1.165) is 42.5 Å². The van der Waals surface area contributed by atoms with Crippen LogP contribution in [0.2, 0.25) is 0 Å². The van der Waals surface area contributed by atoms with Gasteiger partial charge in [0.05, 0.1) is 5.52 Å². The van der Waals surface area contributed by atoms with Gasteiger partial charge in [0.15, 0.2) is 0 Å². The summed E-state index contributed by atoms with van der Waals surface area (Å²) < 4.78 is 0. The molecule has 1 aromatic carbocycles. The first-order valence-corrected chi connectivity index (χ1v) is 7.06. The first-order chi connectivity index (χ1) is 9.83. The Labute approximate surface area is 117 Å². The first-order valence-electron chi connectivity index (χ1n) is 7.06. The maximum Gasteiger partial charge on any atom is 0.220 e. The smallest absolute Gasteiger partial charge is 0.220 e. The zero-order valence-electron chi connectivity index (χ0n) is 11.3. The van der Waals surface area contributed by atoms with Crippen LogP contribution in [0, 0.1) is 0 Å². The summed E-state index contributed by atoms with van der Waals surface area (Å²) in [4.78, 5) is 20.0. The molecule has 0 aliphatic heterocycles. The lowest BCUT2D eigenvalue weighted by Crippen LogP contribution is -2.25. The second kappa shape index (κ2) is 5.86. The molecule has 104 valence electrons. The van der Waals surface area contributed by atoms with E-state index in [2.05, 4.69) is 20.6 Å². The third-order valence-corrected chi connectivity index (χ3v) is 3.36. The van der Waals surface area contributed by atoms with Crippen molar-refractivity contribution < 1.29 is 4.79 Å². The summed E-state index contributed by atoms with van der Waals surface area (Å²) in [5.41, 5.74) is 0.927. The Kier molecular flexibility index (Phi) is 3.76. The van der Waals surface area contributed by atoms with Gasteiger partial charge in [0.1, 0.15) is 12.1 Å². The number of nitrogens with one attached hydrogen (secondary N) is 2. The van der Waals surface area contributed by atoms with E-state index < -0.39 is 0 Å². The number of benzene rings is 1. The standard InChI is InChI=1S/C15H18N4O/c20-14(19-11-7-8-11)6-3-9-16-15-12-4-1-2-5-13(12)17-10-18-15/h1-2,4-5,10-11H,3,6-9H2,(H,19,20)(H,16,17,18). The van der Waals surface area contributed by atoms with Gasteiger partial charge >= 0.3 is 0 Å². The molecule has 1 amide bonds. The SMILES string of the molecule is O=C(CCCNc1ncnc2ccccc12)NC1CC1. The number of hydrogen-bond donors (Lipinski definition) is 2. The number of amides is 1. The predicted molar refractivity (Wildman–Crippen MR) is 78.4 cm³/mol. The average Bonchev–Trinajstić information content (AvgIpc) is 3.27. The molecule has 1 heterocycles. The number of aromatic nitrogens is 2. The number of nitrogens with zero attached hydrogens (tertiary/aromatic N) is 2. The van der Waals surface area contributed by atoms with Gasteiger partial charge in [-0.15, -0.1) is 0 Å². The van der Waals surface area contributed by atoms with Crippen LogP contribution in [0.15, 0.2) is 30.6 Å². The summed E-state index contributed by atoms with van der Waals surface area (Å²) in [7, 11) is 0. The Morgan fingerprint density at radius 2 is 2.10 bits per heavy atom. The summed E-state index contributed by atoms with van der Waals surface area (Å²) in [6.45, 7) is 0.735. The number of carbonyl (C=O) groups is 1. The van der Waals surface area contributed by atoms with Crippen LogP contribution in [0.25, 0.3) is 10.9 Å². The van der Waals surface area contributed by atoms with Crippen molar-refractivity contribution in [2.75, 3.05) is 11.9 Å². The molecule has 0 saturated heterocycles. The third kappa shape index (κ3) is 3.23. The van der Waals surface area contributed by atoms with Gasteiger partial charge in [-0.2, -0.15) is 0 Å². The van der Waals surface area contributed by atoms with Crippen molar-refractivity contribution in [3.63, 3.8) is 0 Å². The number of para-hydroxylation sites is 1. The number of rotatable bonds is 6. The van der Waals surface area contributed by atoms with Gasteiger partial charge in [-0.1, -0.05) is 12.1 Å². The van der Waals surface area contributed by atoms with Crippen LogP contribution in [-0.4, -0.2) is 28.5 Å². The van der Waals surface area contributed by atoms with Gasteiger partial charge in [0.25, 0.3) is 0 Å². The lowest BCUT2D eigenvalue weighted by Gasteiger charge is -2.08. The van der Waals surface area contributed by atoms with Crippen molar-refractivity contribution >= 4 is 22.6 Å². The summed E-state index contributed by atoms with van der Waals surface area (Å²) in [5.74, 6) is 0.986. The number of carbonyl (C=O) groups excluding carboxylic acids is 1.